The van der Waals surface area contributed by atoms with E-state index in [0.717, 1.165) is 28.5 Å². The molecule has 29 heavy (non-hydrogen) atoms. The molecule has 0 spiro atoms. The minimum absolute atomic E-state index is 0.154. The normalized spacial score (nSPS) is 15.0. The van der Waals surface area contributed by atoms with Crippen LogP contribution >= 0.6 is 0 Å². The Morgan fingerprint density at radius 2 is 1.76 bits per heavy atom. The highest BCUT2D eigenvalue weighted by molar-refractivity contribution is 7.90. The van der Waals surface area contributed by atoms with Gasteiger partial charge in [-0.05, 0) is 37.3 Å². The molecule has 0 unspecified atom stereocenters. The van der Waals surface area contributed by atoms with E-state index in [-0.39, 0.29) is 10.8 Å². The summed E-state index contributed by atoms with van der Waals surface area (Å²) in [4.78, 5) is 25.8. The first-order valence-electron chi connectivity index (χ1n) is 9.38. The predicted molar refractivity (Wildman–Crippen MR) is 112 cm³/mol. The maximum Gasteiger partial charge on any atom is 0.254 e. The highest BCUT2D eigenvalue weighted by atomic mass is 32.2. The molecule has 0 N–H and O–H groups in total. The number of benzene rings is 2. The van der Waals surface area contributed by atoms with Crippen LogP contribution in [0.25, 0.3) is 10.9 Å². The van der Waals surface area contributed by atoms with Crippen molar-refractivity contribution in [2.24, 2.45) is 0 Å². The van der Waals surface area contributed by atoms with Gasteiger partial charge in [0.25, 0.3) is 5.91 Å². The Kier molecular flexibility index (Phi) is 4.96. The number of fused-ring (bicyclic) bond motifs is 1. The molecule has 150 valence electrons. The Bertz CT molecular complexity index is 1190. The van der Waals surface area contributed by atoms with Gasteiger partial charge < -0.3 is 9.80 Å². The molecule has 1 amide bonds. The molecule has 8 heteroatoms. The van der Waals surface area contributed by atoms with Crippen LogP contribution in [0.3, 0.4) is 0 Å². The van der Waals surface area contributed by atoms with Gasteiger partial charge in [-0.3, -0.25) is 4.79 Å². The molecule has 0 radical (unpaired) electrons. The Balaban J connectivity index is 1.52. The average molecular weight is 410 g/mol. The van der Waals surface area contributed by atoms with E-state index in [1.165, 1.54) is 12.1 Å². The summed E-state index contributed by atoms with van der Waals surface area (Å²) in [6.45, 7) is 4.42. The zero-order valence-corrected chi connectivity index (χ0v) is 17.2. The number of amides is 1. The molecule has 0 aliphatic carbocycles. The van der Waals surface area contributed by atoms with Crippen molar-refractivity contribution in [3.8, 4) is 0 Å². The van der Waals surface area contributed by atoms with Crippen molar-refractivity contribution in [1.82, 2.24) is 14.9 Å². The minimum atomic E-state index is -3.35. The number of nitrogens with zero attached hydrogens (tertiary/aromatic N) is 4. The van der Waals surface area contributed by atoms with Crippen LogP contribution in [-0.2, 0) is 9.84 Å². The fourth-order valence-electron chi connectivity index (χ4n) is 3.57. The predicted octanol–water partition coefficient (Wildman–Crippen LogP) is 2.30. The van der Waals surface area contributed by atoms with Crippen molar-refractivity contribution >= 4 is 32.5 Å². The Morgan fingerprint density at radius 3 is 2.48 bits per heavy atom. The molecule has 2 aromatic carbocycles. The zero-order valence-electron chi connectivity index (χ0n) is 16.4. The Morgan fingerprint density at radius 1 is 1.00 bits per heavy atom. The first kappa shape index (κ1) is 19.3. The van der Waals surface area contributed by atoms with E-state index < -0.39 is 9.84 Å². The van der Waals surface area contributed by atoms with Gasteiger partial charge in [-0.1, -0.05) is 17.7 Å². The molecule has 1 aliphatic heterocycles. The number of hydrogen-bond acceptors (Lipinski definition) is 6. The first-order valence-corrected chi connectivity index (χ1v) is 11.3. The largest absolute Gasteiger partial charge is 0.352 e. The summed E-state index contributed by atoms with van der Waals surface area (Å²) in [6, 6.07) is 12.3. The number of hydrogen-bond donors (Lipinski definition) is 0. The van der Waals surface area contributed by atoms with Gasteiger partial charge in [-0.2, -0.15) is 0 Å². The molecule has 1 aromatic heterocycles. The molecule has 1 saturated heterocycles. The molecule has 0 saturated carbocycles. The molecule has 0 bridgehead atoms. The lowest BCUT2D eigenvalue weighted by molar-refractivity contribution is 0.0746. The molecular formula is C21H22N4O3S. The maximum atomic E-state index is 12.9. The second-order valence-electron chi connectivity index (χ2n) is 7.30. The number of aromatic nitrogens is 2. The zero-order chi connectivity index (χ0) is 20.6. The number of rotatable bonds is 3. The van der Waals surface area contributed by atoms with Gasteiger partial charge in [0, 0.05) is 43.4 Å². The summed E-state index contributed by atoms with van der Waals surface area (Å²) in [5.41, 5.74) is 2.44. The molecule has 2 heterocycles. The van der Waals surface area contributed by atoms with E-state index >= 15 is 0 Å². The molecule has 7 nitrogen and oxygen atoms in total. The smallest absolute Gasteiger partial charge is 0.254 e. The first-order chi connectivity index (χ1) is 13.8. The number of anilines is 1. The lowest BCUT2D eigenvalue weighted by atomic mass is 10.1. The Hall–Kier alpha value is -3.00. The van der Waals surface area contributed by atoms with E-state index in [4.69, 9.17) is 0 Å². The quantitative estimate of drug-likeness (QED) is 0.659. The van der Waals surface area contributed by atoms with Crippen LogP contribution in [0.4, 0.5) is 5.82 Å². The summed E-state index contributed by atoms with van der Waals surface area (Å²) >= 11 is 0. The summed E-state index contributed by atoms with van der Waals surface area (Å²) < 4.78 is 23.5. The van der Waals surface area contributed by atoms with Gasteiger partial charge >= 0.3 is 0 Å². The highest BCUT2D eigenvalue weighted by Gasteiger charge is 2.24. The van der Waals surface area contributed by atoms with E-state index in [2.05, 4.69) is 20.9 Å². The SMILES string of the molecule is Cc1ccc2ncnc(N3CCN(C(=O)c4cccc(S(C)(=O)=O)c4)CC3)c2c1. The number of sulfone groups is 1. The summed E-state index contributed by atoms with van der Waals surface area (Å²) in [6.07, 6.45) is 2.71. The average Bonchev–Trinajstić information content (AvgIpc) is 2.72. The number of piperazine rings is 1. The summed E-state index contributed by atoms with van der Waals surface area (Å²) in [5.74, 6) is 0.725. The fourth-order valence-corrected chi connectivity index (χ4v) is 4.24. The van der Waals surface area contributed by atoms with Crippen molar-refractivity contribution in [1.29, 1.82) is 0 Å². The third kappa shape index (κ3) is 3.93. The molecule has 1 fully saturated rings. The lowest BCUT2D eigenvalue weighted by Crippen LogP contribution is -2.49. The van der Waals surface area contributed by atoms with Crippen molar-refractivity contribution < 1.29 is 13.2 Å². The highest BCUT2D eigenvalue weighted by Crippen LogP contribution is 2.25. The lowest BCUT2D eigenvalue weighted by Gasteiger charge is -2.35. The van der Waals surface area contributed by atoms with Gasteiger partial charge in [0.2, 0.25) is 0 Å². The number of carbonyl (C=O) groups is 1. The van der Waals surface area contributed by atoms with Crippen molar-refractivity contribution in [3.63, 3.8) is 0 Å². The van der Waals surface area contributed by atoms with E-state index in [0.29, 0.717) is 31.7 Å². The Labute approximate surface area is 169 Å². The van der Waals surface area contributed by atoms with Crippen molar-refractivity contribution in [2.75, 3.05) is 37.3 Å². The molecule has 4 rings (SSSR count). The fraction of sp³-hybridized carbons (Fsp3) is 0.286. The van der Waals surface area contributed by atoms with E-state index in [9.17, 15) is 13.2 Å². The van der Waals surface area contributed by atoms with Crippen LogP contribution < -0.4 is 4.90 Å². The molecular weight excluding hydrogens is 388 g/mol. The minimum Gasteiger partial charge on any atom is -0.352 e. The van der Waals surface area contributed by atoms with Crippen molar-refractivity contribution in [2.45, 2.75) is 11.8 Å². The van der Waals surface area contributed by atoms with Gasteiger partial charge in [-0.15, -0.1) is 0 Å². The maximum absolute atomic E-state index is 12.9. The molecule has 3 aromatic rings. The van der Waals surface area contributed by atoms with Crippen LogP contribution in [0, 0.1) is 6.92 Å². The van der Waals surface area contributed by atoms with Crippen LogP contribution in [0.1, 0.15) is 15.9 Å². The van der Waals surface area contributed by atoms with E-state index in [1.54, 1.807) is 23.4 Å². The van der Waals surface area contributed by atoms with Gasteiger partial charge in [0.1, 0.15) is 12.1 Å². The van der Waals surface area contributed by atoms with Crippen LogP contribution in [0.5, 0.6) is 0 Å². The van der Waals surface area contributed by atoms with Crippen LogP contribution in [-0.4, -0.2) is 61.6 Å². The van der Waals surface area contributed by atoms with Gasteiger partial charge in [0.05, 0.1) is 10.4 Å². The number of carbonyl (C=O) groups excluding carboxylic acids is 1. The summed E-state index contributed by atoms with van der Waals surface area (Å²) in [7, 11) is -3.35. The van der Waals surface area contributed by atoms with Crippen LogP contribution in [0.2, 0.25) is 0 Å². The van der Waals surface area contributed by atoms with Gasteiger partial charge in [-0.25, -0.2) is 18.4 Å². The monoisotopic (exact) mass is 410 g/mol. The standard InChI is InChI=1S/C21H22N4O3S/c1-15-6-7-19-18(12-15)20(23-14-22-19)24-8-10-25(11-9-24)21(26)16-4-3-5-17(13-16)29(2,27)28/h3-7,12-14H,8-11H2,1-2H3. The topological polar surface area (TPSA) is 83.5 Å². The van der Waals surface area contributed by atoms with Gasteiger partial charge in [0.15, 0.2) is 9.84 Å². The van der Waals surface area contributed by atoms with E-state index in [1.807, 2.05) is 19.1 Å². The van der Waals surface area contributed by atoms with Crippen LogP contribution in [0.15, 0.2) is 53.7 Å². The second kappa shape index (κ2) is 7.44. The number of aryl methyl sites for hydroxylation is 1. The molecule has 1 aliphatic rings. The molecule has 0 atom stereocenters. The second-order valence-corrected chi connectivity index (χ2v) is 9.31. The third-order valence-electron chi connectivity index (χ3n) is 5.15. The summed E-state index contributed by atoms with van der Waals surface area (Å²) in [5, 5.41) is 1.01. The third-order valence-corrected chi connectivity index (χ3v) is 6.26. The van der Waals surface area contributed by atoms with Crippen molar-refractivity contribution in [3.05, 3.63) is 59.9 Å².